The number of nitrogens with two attached hydrogens (primary N) is 1. The van der Waals surface area contributed by atoms with E-state index in [0.29, 0.717) is 6.04 Å². The number of rotatable bonds is 3. The molecular formula is C9H16N2O. The van der Waals surface area contributed by atoms with Gasteiger partial charge in [0.15, 0.2) is 0 Å². The summed E-state index contributed by atoms with van der Waals surface area (Å²) in [6, 6.07) is 0.489. The van der Waals surface area contributed by atoms with E-state index < -0.39 is 0 Å². The minimum absolute atomic E-state index is 0.489. The molecule has 0 spiro atoms. The Hall–Kier alpha value is -0.960. The molecule has 0 aliphatic carbocycles. The van der Waals surface area contributed by atoms with E-state index in [-0.39, 0.29) is 0 Å². The highest BCUT2D eigenvalue weighted by Gasteiger charge is 2.20. The van der Waals surface area contributed by atoms with Gasteiger partial charge in [-0.3, -0.25) is 0 Å². The highest BCUT2D eigenvalue weighted by molar-refractivity contribution is 5.22. The molecule has 0 bridgehead atoms. The number of nitrogens with zero attached hydrogens (tertiary/aromatic N) is 1. The summed E-state index contributed by atoms with van der Waals surface area (Å²) in [7, 11) is 2.00. The van der Waals surface area contributed by atoms with Gasteiger partial charge in [-0.25, -0.2) is 0 Å². The first-order chi connectivity index (χ1) is 5.61. The zero-order valence-electron chi connectivity index (χ0n) is 7.71. The van der Waals surface area contributed by atoms with Crippen LogP contribution in [0.3, 0.4) is 0 Å². The molecule has 1 rings (SSSR count). The fourth-order valence-corrected chi connectivity index (χ4v) is 0.893. The van der Waals surface area contributed by atoms with Gasteiger partial charge in [-0.2, -0.15) is 0 Å². The molecule has 12 heavy (non-hydrogen) atoms. The molecule has 3 nitrogen and oxygen atoms in total. The molecular weight excluding hydrogens is 152 g/mol. The largest absolute Gasteiger partial charge is 0.397 e. The molecule has 0 unspecified atom stereocenters. The van der Waals surface area contributed by atoms with Crippen LogP contribution in [-0.4, -0.2) is 31.2 Å². The van der Waals surface area contributed by atoms with Crippen LogP contribution < -0.4 is 5.73 Å². The lowest BCUT2D eigenvalue weighted by atomic mass is 10.2. The van der Waals surface area contributed by atoms with E-state index in [1.807, 2.05) is 20.2 Å². The van der Waals surface area contributed by atoms with E-state index in [1.165, 1.54) is 0 Å². The van der Waals surface area contributed by atoms with Crippen LogP contribution in [0.25, 0.3) is 0 Å². The summed E-state index contributed by atoms with van der Waals surface area (Å²) in [6.45, 7) is 7.26. The molecule has 2 N–H and O–H groups in total. The Morgan fingerprint density at radius 1 is 1.67 bits per heavy atom. The lowest BCUT2D eigenvalue weighted by molar-refractivity contribution is -0.0413. The highest BCUT2D eigenvalue weighted by Crippen LogP contribution is 2.10. The van der Waals surface area contributed by atoms with E-state index in [1.54, 1.807) is 0 Å². The zero-order valence-corrected chi connectivity index (χ0v) is 7.71. The third-order valence-corrected chi connectivity index (χ3v) is 2.03. The molecule has 0 saturated carbocycles. The molecule has 1 fully saturated rings. The van der Waals surface area contributed by atoms with Gasteiger partial charge in [0.25, 0.3) is 0 Å². The van der Waals surface area contributed by atoms with Crippen molar-refractivity contribution in [3.05, 3.63) is 24.0 Å². The number of hydrogen-bond donors (Lipinski definition) is 1. The molecule has 0 radical (unpaired) electrons. The summed E-state index contributed by atoms with van der Waals surface area (Å²) in [4.78, 5) is 2.08. The number of allylic oxidation sites excluding steroid dienone is 1. The van der Waals surface area contributed by atoms with Gasteiger partial charge in [0.1, 0.15) is 0 Å². The van der Waals surface area contributed by atoms with Crippen LogP contribution in [0.1, 0.15) is 6.92 Å². The monoisotopic (exact) mass is 168 g/mol. The lowest BCUT2D eigenvalue weighted by Gasteiger charge is -2.34. The molecule has 1 aliphatic heterocycles. The summed E-state index contributed by atoms with van der Waals surface area (Å²) in [6.07, 6.45) is 1.91. The van der Waals surface area contributed by atoms with Crippen LogP contribution >= 0.6 is 0 Å². The molecule has 0 atom stereocenters. The Labute approximate surface area is 73.5 Å². The summed E-state index contributed by atoms with van der Waals surface area (Å²) in [5.41, 5.74) is 7.36. The third-order valence-electron chi connectivity index (χ3n) is 2.03. The standard InChI is InChI=1S/C9H16N2O/c1-7(2)9(10)4-11(3)8-5-12-6-8/h4,8H,1,5-6,10H2,2-3H3/b9-4+. The third kappa shape index (κ3) is 2.01. The SMILES string of the molecule is C=C(C)/C(N)=C\N(C)C1COC1. The van der Waals surface area contributed by atoms with Crippen LogP contribution in [-0.2, 0) is 4.74 Å². The molecule has 1 aliphatic rings. The molecule has 1 heterocycles. The second-order valence-electron chi connectivity index (χ2n) is 3.22. The van der Waals surface area contributed by atoms with Gasteiger partial charge in [-0.1, -0.05) is 6.58 Å². The predicted molar refractivity (Wildman–Crippen MR) is 49.5 cm³/mol. The smallest absolute Gasteiger partial charge is 0.0749 e. The minimum Gasteiger partial charge on any atom is -0.397 e. The molecule has 0 aromatic rings. The van der Waals surface area contributed by atoms with E-state index in [9.17, 15) is 0 Å². The maximum Gasteiger partial charge on any atom is 0.0749 e. The van der Waals surface area contributed by atoms with Gasteiger partial charge in [-0.15, -0.1) is 0 Å². The van der Waals surface area contributed by atoms with Crippen molar-refractivity contribution in [2.75, 3.05) is 20.3 Å². The molecule has 0 amide bonds. The van der Waals surface area contributed by atoms with Crippen molar-refractivity contribution in [3.8, 4) is 0 Å². The Morgan fingerprint density at radius 2 is 2.25 bits per heavy atom. The molecule has 0 aromatic carbocycles. The quantitative estimate of drug-likeness (QED) is 0.630. The Bertz CT molecular complexity index is 207. The summed E-state index contributed by atoms with van der Waals surface area (Å²) < 4.78 is 5.06. The van der Waals surface area contributed by atoms with Crippen molar-refractivity contribution in [3.63, 3.8) is 0 Å². The van der Waals surface area contributed by atoms with Crippen molar-refractivity contribution in [1.82, 2.24) is 4.90 Å². The van der Waals surface area contributed by atoms with Crippen LogP contribution in [0.2, 0.25) is 0 Å². The van der Waals surface area contributed by atoms with Gasteiger partial charge in [0.05, 0.1) is 19.3 Å². The van der Waals surface area contributed by atoms with Crippen molar-refractivity contribution < 1.29 is 4.74 Å². The second-order valence-corrected chi connectivity index (χ2v) is 3.22. The zero-order chi connectivity index (χ0) is 9.14. The van der Waals surface area contributed by atoms with E-state index >= 15 is 0 Å². The van der Waals surface area contributed by atoms with Gasteiger partial charge in [0.2, 0.25) is 0 Å². The first-order valence-corrected chi connectivity index (χ1v) is 4.04. The van der Waals surface area contributed by atoms with Crippen LogP contribution in [0.4, 0.5) is 0 Å². The number of ether oxygens (including phenoxy) is 1. The number of likely N-dealkylation sites (N-methyl/N-ethyl adjacent to an activating group) is 1. The summed E-state index contributed by atoms with van der Waals surface area (Å²) >= 11 is 0. The molecule has 0 aromatic heterocycles. The number of hydrogen-bond acceptors (Lipinski definition) is 3. The fraction of sp³-hybridized carbons (Fsp3) is 0.556. The van der Waals surface area contributed by atoms with Crippen LogP contribution in [0.5, 0.6) is 0 Å². The van der Waals surface area contributed by atoms with Gasteiger partial charge in [0, 0.05) is 18.9 Å². The minimum atomic E-state index is 0.489. The molecule has 68 valence electrons. The first kappa shape index (κ1) is 9.13. The van der Waals surface area contributed by atoms with Gasteiger partial charge in [-0.05, 0) is 12.5 Å². The summed E-state index contributed by atoms with van der Waals surface area (Å²) in [5.74, 6) is 0. The van der Waals surface area contributed by atoms with Crippen LogP contribution in [0, 0.1) is 0 Å². The molecule has 3 heteroatoms. The highest BCUT2D eigenvalue weighted by atomic mass is 16.5. The Kier molecular flexibility index (Phi) is 2.76. The second kappa shape index (κ2) is 3.63. The average molecular weight is 168 g/mol. The topological polar surface area (TPSA) is 38.5 Å². The Balaban J connectivity index is 2.47. The van der Waals surface area contributed by atoms with E-state index in [0.717, 1.165) is 24.5 Å². The van der Waals surface area contributed by atoms with E-state index in [2.05, 4.69) is 11.5 Å². The van der Waals surface area contributed by atoms with Crippen LogP contribution in [0.15, 0.2) is 24.0 Å². The van der Waals surface area contributed by atoms with Gasteiger partial charge < -0.3 is 15.4 Å². The predicted octanol–water partition coefficient (Wildman–Crippen LogP) is 0.693. The normalized spacial score (nSPS) is 18.7. The Morgan fingerprint density at radius 3 is 2.58 bits per heavy atom. The van der Waals surface area contributed by atoms with Crippen molar-refractivity contribution >= 4 is 0 Å². The molecule has 1 saturated heterocycles. The van der Waals surface area contributed by atoms with Crippen molar-refractivity contribution in [1.29, 1.82) is 0 Å². The van der Waals surface area contributed by atoms with Crippen molar-refractivity contribution in [2.45, 2.75) is 13.0 Å². The van der Waals surface area contributed by atoms with Gasteiger partial charge >= 0.3 is 0 Å². The maximum atomic E-state index is 5.71. The maximum absolute atomic E-state index is 5.71. The first-order valence-electron chi connectivity index (χ1n) is 4.04. The van der Waals surface area contributed by atoms with E-state index in [4.69, 9.17) is 10.5 Å². The lowest BCUT2D eigenvalue weighted by Crippen LogP contribution is -2.44. The average Bonchev–Trinajstić information content (AvgIpc) is 1.82. The summed E-state index contributed by atoms with van der Waals surface area (Å²) in [5, 5.41) is 0. The fourth-order valence-electron chi connectivity index (χ4n) is 0.893. The van der Waals surface area contributed by atoms with Crippen molar-refractivity contribution in [2.24, 2.45) is 5.73 Å².